The lowest BCUT2D eigenvalue weighted by Gasteiger charge is -2.14. The number of carbonyl (C=O) groups excluding carboxylic acids is 3. The predicted octanol–water partition coefficient (Wildman–Crippen LogP) is 4.60. The van der Waals surface area contributed by atoms with Gasteiger partial charge in [-0.25, -0.2) is 0 Å². The first-order valence-corrected chi connectivity index (χ1v) is 9.36. The zero-order chi connectivity index (χ0) is 20.8. The molecule has 2 amide bonds. The van der Waals surface area contributed by atoms with Crippen molar-refractivity contribution in [1.29, 1.82) is 0 Å². The fourth-order valence-corrected chi connectivity index (χ4v) is 3.10. The zero-order valence-corrected chi connectivity index (χ0v) is 17.4. The number of anilines is 1. The molecule has 148 valence electrons. The summed E-state index contributed by atoms with van der Waals surface area (Å²) in [5.74, 6) is -1.96. The van der Waals surface area contributed by atoms with Crippen molar-refractivity contribution in [1.82, 2.24) is 5.32 Å². The van der Waals surface area contributed by atoms with E-state index in [2.05, 4.69) is 10.6 Å². The van der Waals surface area contributed by atoms with Crippen molar-refractivity contribution in [2.45, 2.75) is 13.0 Å². The third kappa shape index (κ3) is 6.56. The minimum absolute atomic E-state index is 0.145. The molecule has 2 aromatic rings. The highest BCUT2D eigenvalue weighted by Crippen LogP contribution is 2.23. The number of amides is 2. The van der Waals surface area contributed by atoms with Crippen LogP contribution in [0.4, 0.5) is 5.69 Å². The normalized spacial score (nSPS) is 11.5. The third-order valence-electron chi connectivity index (χ3n) is 3.38. The van der Waals surface area contributed by atoms with Crippen LogP contribution < -0.4 is 10.6 Å². The van der Waals surface area contributed by atoms with Crippen LogP contribution in [-0.4, -0.2) is 30.4 Å². The molecular weight excluding hydrogens is 450 g/mol. The Balaban J connectivity index is 1.86. The van der Waals surface area contributed by atoms with Crippen LogP contribution in [0.3, 0.4) is 0 Å². The maximum absolute atomic E-state index is 12.1. The number of esters is 1. The van der Waals surface area contributed by atoms with Gasteiger partial charge in [0, 0.05) is 20.8 Å². The summed E-state index contributed by atoms with van der Waals surface area (Å²) in [6, 6.07) is 8.83. The number of halogens is 4. The smallest absolute Gasteiger partial charge is 0.326 e. The Bertz CT molecular complexity index is 900. The fraction of sp³-hybridized carbons (Fsp3) is 0.167. The Kier molecular flexibility index (Phi) is 7.95. The number of hydrogen-bond donors (Lipinski definition) is 2. The first kappa shape index (κ1) is 22.3. The highest BCUT2D eigenvalue weighted by molar-refractivity contribution is 6.37. The molecule has 0 aliphatic rings. The molecule has 0 radical (unpaired) electrons. The molecule has 0 aromatic heterocycles. The monoisotopic (exact) mass is 462 g/mol. The lowest BCUT2D eigenvalue weighted by molar-refractivity contribution is -0.152. The molecule has 0 saturated carbocycles. The second kappa shape index (κ2) is 9.98. The van der Waals surface area contributed by atoms with E-state index in [-0.39, 0.29) is 10.6 Å². The Morgan fingerprint density at radius 2 is 1.61 bits per heavy atom. The van der Waals surface area contributed by atoms with E-state index < -0.39 is 30.4 Å². The van der Waals surface area contributed by atoms with Gasteiger partial charge >= 0.3 is 5.97 Å². The van der Waals surface area contributed by atoms with Crippen molar-refractivity contribution in [3.63, 3.8) is 0 Å². The average molecular weight is 464 g/mol. The van der Waals surface area contributed by atoms with E-state index in [4.69, 9.17) is 51.1 Å². The molecule has 0 spiro atoms. The lowest BCUT2D eigenvalue weighted by Crippen LogP contribution is -2.35. The van der Waals surface area contributed by atoms with Crippen molar-refractivity contribution >= 4 is 69.9 Å². The minimum Gasteiger partial charge on any atom is -0.451 e. The van der Waals surface area contributed by atoms with Gasteiger partial charge in [0.25, 0.3) is 11.8 Å². The molecule has 1 atom stereocenters. The van der Waals surface area contributed by atoms with E-state index in [1.807, 2.05) is 0 Å². The van der Waals surface area contributed by atoms with Crippen LogP contribution in [-0.2, 0) is 14.3 Å². The second-order valence-corrected chi connectivity index (χ2v) is 7.30. The van der Waals surface area contributed by atoms with Crippen LogP contribution >= 0.6 is 46.4 Å². The van der Waals surface area contributed by atoms with Gasteiger partial charge in [0.05, 0.1) is 10.6 Å². The van der Waals surface area contributed by atoms with Gasteiger partial charge in [0.1, 0.15) is 6.54 Å². The van der Waals surface area contributed by atoms with Gasteiger partial charge in [-0.3, -0.25) is 14.4 Å². The number of carbonyl (C=O) groups is 3. The lowest BCUT2D eigenvalue weighted by atomic mass is 10.2. The molecule has 6 nitrogen and oxygen atoms in total. The summed E-state index contributed by atoms with van der Waals surface area (Å²) in [6.45, 7) is 0.940. The maximum Gasteiger partial charge on any atom is 0.326 e. The largest absolute Gasteiger partial charge is 0.451 e. The molecule has 0 aliphatic heterocycles. The van der Waals surface area contributed by atoms with E-state index in [9.17, 15) is 14.4 Å². The van der Waals surface area contributed by atoms with Crippen molar-refractivity contribution in [2.24, 2.45) is 0 Å². The first-order chi connectivity index (χ1) is 13.2. The SMILES string of the molecule is CC(OC(=O)CNC(=O)c1ccc(Cl)cc1Cl)C(=O)Nc1cc(Cl)cc(Cl)c1. The third-order valence-corrected chi connectivity index (χ3v) is 4.36. The van der Waals surface area contributed by atoms with Crippen LogP contribution in [0.2, 0.25) is 20.1 Å². The van der Waals surface area contributed by atoms with E-state index in [0.29, 0.717) is 20.8 Å². The highest BCUT2D eigenvalue weighted by Gasteiger charge is 2.19. The Morgan fingerprint density at radius 1 is 0.964 bits per heavy atom. The van der Waals surface area contributed by atoms with Crippen LogP contribution in [0, 0.1) is 0 Å². The van der Waals surface area contributed by atoms with E-state index in [1.54, 1.807) is 0 Å². The van der Waals surface area contributed by atoms with Gasteiger partial charge < -0.3 is 15.4 Å². The molecule has 2 aromatic carbocycles. The molecule has 2 N–H and O–H groups in total. The molecule has 0 saturated heterocycles. The van der Waals surface area contributed by atoms with Crippen LogP contribution in [0.15, 0.2) is 36.4 Å². The number of hydrogen-bond acceptors (Lipinski definition) is 4. The zero-order valence-electron chi connectivity index (χ0n) is 14.4. The van der Waals surface area contributed by atoms with Crippen molar-refractivity contribution in [2.75, 3.05) is 11.9 Å². The fourth-order valence-electron chi connectivity index (χ4n) is 2.08. The second-order valence-electron chi connectivity index (χ2n) is 5.59. The molecule has 0 bridgehead atoms. The molecular formula is C18H14Cl4N2O4. The summed E-state index contributed by atoms with van der Waals surface area (Å²) in [7, 11) is 0. The first-order valence-electron chi connectivity index (χ1n) is 7.85. The quantitative estimate of drug-likeness (QED) is 0.613. The van der Waals surface area contributed by atoms with Gasteiger partial charge in [0.2, 0.25) is 0 Å². The van der Waals surface area contributed by atoms with E-state index in [0.717, 1.165) is 0 Å². The standard InChI is InChI=1S/C18H14Cl4N2O4/c1-9(17(26)24-13-5-11(20)4-12(21)6-13)28-16(25)8-23-18(27)14-3-2-10(19)7-15(14)22/h2-7,9H,8H2,1H3,(H,23,27)(H,24,26). The van der Waals surface area contributed by atoms with E-state index in [1.165, 1.54) is 43.3 Å². The van der Waals surface area contributed by atoms with Crippen LogP contribution in [0.1, 0.15) is 17.3 Å². The minimum atomic E-state index is -1.11. The van der Waals surface area contributed by atoms with Crippen LogP contribution in [0.25, 0.3) is 0 Å². The van der Waals surface area contributed by atoms with Crippen LogP contribution in [0.5, 0.6) is 0 Å². The summed E-state index contributed by atoms with van der Waals surface area (Å²) in [5.41, 5.74) is 0.513. The number of rotatable bonds is 6. The van der Waals surface area contributed by atoms with E-state index >= 15 is 0 Å². The number of benzene rings is 2. The average Bonchev–Trinajstić information content (AvgIpc) is 2.58. The summed E-state index contributed by atoms with van der Waals surface area (Å²) >= 11 is 23.4. The summed E-state index contributed by atoms with van der Waals surface area (Å²) in [6.07, 6.45) is -1.11. The highest BCUT2D eigenvalue weighted by atomic mass is 35.5. The van der Waals surface area contributed by atoms with Gasteiger partial charge in [-0.1, -0.05) is 46.4 Å². The van der Waals surface area contributed by atoms with Gasteiger partial charge in [-0.15, -0.1) is 0 Å². The molecule has 0 aliphatic carbocycles. The van der Waals surface area contributed by atoms with Gasteiger partial charge in [-0.05, 0) is 43.3 Å². The Hall–Kier alpha value is -1.99. The van der Waals surface area contributed by atoms with Crippen molar-refractivity contribution in [3.05, 3.63) is 62.1 Å². The maximum atomic E-state index is 12.1. The number of ether oxygens (including phenoxy) is 1. The van der Waals surface area contributed by atoms with Crippen molar-refractivity contribution in [3.8, 4) is 0 Å². The molecule has 0 heterocycles. The molecule has 0 fully saturated rings. The molecule has 2 rings (SSSR count). The summed E-state index contributed by atoms with van der Waals surface area (Å²) in [5, 5.41) is 6.10. The van der Waals surface area contributed by atoms with Crippen molar-refractivity contribution < 1.29 is 19.1 Å². The molecule has 10 heteroatoms. The number of nitrogens with one attached hydrogen (secondary N) is 2. The Morgan fingerprint density at radius 3 is 2.21 bits per heavy atom. The topological polar surface area (TPSA) is 84.5 Å². The molecule has 28 heavy (non-hydrogen) atoms. The predicted molar refractivity (Wildman–Crippen MR) is 109 cm³/mol. The van der Waals surface area contributed by atoms with Gasteiger partial charge in [-0.2, -0.15) is 0 Å². The Labute approximate surface area is 181 Å². The summed E-state index contributed by atoms with van der Waals surface area (Å²) in [4.78, 5) is 36.1. The summed E-state index contributed by atoms with van der Waals surface area (Å²) < 4.78 is 4.99. The van der Waals surface area contributed by atoms with Gasteiger partial charge in [0.15, 0.2) is 6.10 Å². The molecule has 1 unspecified atom stereocenters.